The van der Waals surface area contributed by atoms with Crippen LogP contribution in [0.4, 0.5) is 0 Å². The number of phenols is 1. The monoisotopic (exact) mass is 282 g/mol. The van der Waals surface area contributed by atoms with E-state index in [-0.39, 0.29) is 0 Å². The molecular formula is C16H14N2OS. The van der Waals surface area contributed by atoms with E-state index in [0.29, 0.717) is 5.75 Å². The van der Waals surface area contributed by atoms with Gasteiger partial charge in [-0.15, -0.1) is 0 Å². The zero-order valence-corrected chi connectivity index (χ0v) is 12.1. The highest BCUT2D eigenvalue weighted by Gasteiger charge is 2.09. The summed E-state index contributed by atoms with van der Waals surface area (Å²) in [5.41, 5.74) is 1.82. The minimum Gasteiger partial charge on any atom is -0.507 e. The van der Waals surface area contributed by atoms with Crippen LogP contribution in [0.25, 0.3) is 10.8 Å². The first-order valence-electron chi connectivity index (χ1n) is 6.34. The van der Waals surface area contributed by atoms with Gasteiger partial charge in [0, 0.05) is 16.5 Å². The normalized spacial score (nSPS) is 10.9. The van der Waals surface area contributed by atoms with Crippen LogP contribution in [0.3, 0.4) is 0 Å². The van der Waals surface area contributed by atoms with Crippen molar-refractivity contribution < 1.29 is 5.11 Å². The molecule has 100 valence electrons. The molecule has 0 unspecified atom stereocenters. The van der Waals surface area contributed by atoms with Crippen molar-refractivity contribution in [2.45, 2.75) is 23.8 Å². The summed E-state index contributed by atoms with van der Waals surface area (Å²) < 4.78 is 0. The van der Waals surface area contributed by atoms with Crippen molar-refractivity contribution in [2.75, 3.05) is 0 Å². The summed E-state index contributed by atoms with van der Waals surface area (Å²) in [5.74, 6) is 0.303. The minimum atomic E-state index is 0.303. The molecule has 0 aliphatic rings. The molecule has 3 nitrogen and oxygen atoms in total. The molecule has 4 heteroatoms. The molecule has 3 aromatic rings. The zero-order chi connectivity index (χ0) is 14.1. The van der Waals surface area contributed by atoms with Crippen LogP contribution in [0.1, 0.15) is 11.4 Å². The van der Waals surface area contributed by atoms with Gasteiger partial charge in [0.2, 0.25) is 0 Å². The SMILES string of the molecule is Cc1cnc(C)c(Sc2ccc(O)c3ccccc23)n1. The fourth-order valence-corrected chi connectivity index (χ4v) is 3.08. The highest BCUT2D eigenvalue weighted by atomic mass is 32.2. The van der Waals surface area contributed by atoms with E-state index in [1.54, 1.807) is 24.0 Å². The molecule has 0 aliphatic carbocycles. The van der Waals surface area contributed by atoms with E-state index in [2.05, 4.69) is 9.97 Å². The first-order valence-corrected chi connectivity index (χ1v) is 7.15. The largest absolute Gasteiger partial charge is 0.507 e. The van der Waals surface area contributed by atoms with E-state index in [9.17, 15) is 5.11 Å². The third-order valence-electron chi connectivity index (χ3n) is 3.10. The molecule has 0 aliphatic heterocycles. The van der Waals surface area contributed by atoms with Crippen molar-refractivity contribution in [3.05, 3.63) is 54.0 Å². The second kappa shape index (κ2) is 5.13. The third-order valence-corrected chi connectivity index (χ3v) is 4.26. The Hall–Kier alpha value is -2.07. The van der Waals surface area contributed by atoms with Gasteiger partial charge < -0.3 is 5.11 Å². The number of aryl methyl sites for hydroxylation is 2. The second-order valence-electron chi connectivity index (χ2n) is 4.63. The fraction of sp³-hybridized carbons (Fsp3) is 0.125. The summed E-state index contributed by atoms with van der Waals surface area (Å²) >= 11 is 1.58. The van der Waals surface area contributed by atoms with Crippen LogP contribution in [0, 0.1) is 13.8 Å². The number of nitrogens with zero attached hydrogens (tertiary/aromatic N) is 2. The molecule has 0 saturated heterocycles. The molecule has 20 heavy (non-hydrogen) atoms. The highest BCUT2D eigenvalue weighted by molar-refractivity contribution is 7.99. The van der Waals surface area contributed by atoms with Crippen LogP contribution < -0.4 is 0 Å². The Kier molecular flexibility index (Phi) is 3.32. The molecule has 0 amide bonds. The van der Waals surface area contributed by atoms with Crippen LogP contribution in [-0.2, 0) is 0 Å². The summed E-state index contributed by atoms with van der Waals surface area (Å²) in [6.07, 6.45) is 1.77. The van der Waals surface area contributed by atoms with Gasteiger partial charge in [-0.2, -0.15) is 0 Å². The molecule has 0 saturated carbocycles. The Morgan fingerprint density at radius 1 is 1.00 bits per heavy atom. The van der Waals surface area contributed by atoms with Crippen LogP contribution in [0.15, 0.2) is 52.5 Å². The molecule has 0 bridgehead atoms. The van der Waals surface area contributed by atoms with E-state index >= 15 is 0 Å². The second-order valence-corrected chi connectivity index (χ2v) is 5.66. The Morgan fingerprint density at radius 2 is 1.75 bits per heavy atom. The lowest BCUT2D eigenvalue weighted by Crippen LogP contribution is -1.92. The first kappa shape index (κ1) is 12.9. The van der Waals surface area contributed by atoms with Gasteiger partial charge in [0.25, 0.3) is 0 Å². The number of phenolic OH excluding ortho intramolecular Hbond substituents is 1. The number of fused-ring (bicyclic) bond motifs is 1. The molecule has 1 aromatic heterocycles. The van der Waals surface area contributed by atoms with E-state index in [1.165, 1.54) is 0 Å². The predicted octanol–water partition coefficient (Wildman–Crippen LogP) is 4.10. The first-order chi connectivity index (χ1) is 9.65. The smallest absolute Gasteiger partial charge is 0.123 e. The number of rotatable bonds is 2. The molecule has 1 heterocycles. The number of hydrogen-bond donors (Lipinski definition) is 1. The van der Waals surface area contributed by atoms with Gasteiger partial charge in [0.1, 0.15) is 10.8 Å². The van der Waals surface area contributed by atoms with E-state index in [0.717, 1.165) is 32.1 Å². The third kappa shape index (κ3) is 2.34. The number of aromatic hydroxyl groups is 1. The Labute approximate surface area is 121 Å². The van der Waals surface area contributed by atoms with Crippen molar-refractivity contribution in [3.63, 3.8) is 0 Å². The number of aromatic nitrogens is 2. The Bertz CT molecular complexity index is 787. The van der Waals surface area contributed by atoms with Crippen molar-refractivity contribution in [1.82, 2.24) is 9.97 Å². The van der Waals surface area contributed by atoms with Gasteiger partial charge in [-0.05, 0) is 31.4 Å². The standard InChI is InChI=1S/C16H14N2OS/c1-10-9-17-11(2)16(18-10)20-15-8-7-14(19)12-5-3-4-6-13(12)15/h3-9,19H,1-2H3. The lowest BCUT2D eigenvalue weighted by molar-refractivity contribution is 0.481. The molecule has 1 N–H and O–H groups in total. The van der Waals surface area contributed by atoms with Gasteiger partial charge in [0.15, 0.2) is 0 Å². The number of benzene rings is 2. The van der Waals surface area contributed by atoms with Crippen molar-refractivity contribution in [3.8, 4) is 5.75 Å². The predicted molar refractivity (Wildman–Crippen MR) is 81.2 cm³/mol. The van der Waals surface area contributed by atoms with Crippen LogP contribution >= 0.6 is 11.8 Å². The highest BCUT2D eigenvalue weighted by Crippen LogP contribution is 2.36. The van der Waals surface area contributed by atoms with Crippen LogP contribution in [-0.4, -0.2) is 15.1 Å². The molecule has 0 atom stereocenters. The zero-order valence-electron chi connectivity index (χ0n) is 11.3. The molecule has 0 radical (unpaired) electrons. The summed E-state index contributed by atoms with van der Waals surface area (Å²) in [7, 11) is 0. The van der Waals surface area contributed by atoms with Gasteiger partial charge in [-0.1, -0.05) is 36.0 Å². The average Bonchev–Trinajstić information content (AvgIpc) is 2.46. The average molecular weight is 282 g/mol. The van der Waals surface area contributed by atoms with E-state index < -0.39 is 0 Å². The van der Waals surface area contributed by atoms with Crippen molar-refractivity contribution in [1.29, 1.82) is 0 Å². The van der Waals surface area contributed by atoms with Crippen molar-refractivity contribution in [2.24, 2.45) is 0 Å². The quantitative estimate of drug-likeness (QED) is 0.768. The lowest BCUT2D eigenvalue weighted by Gasteiger charge is -2.09. The van der Waals surface area contributed by atoms with Gasteiger partial charge in [-0.25, -0.2) is 4.98 Å². The fourth-order valence-electron chi connectivity index (χ4n) is 2.06. The maximum Gasteiger partial charge on any atom is 0.123 e. The Balaban J connectivity index is 2.11. The number of hydrogen-bond acceptors (Lipinski definition) is 4. The summed E-state index contributed by atoms with van der Waals surface area (Å²) in [6, 6.07) is 11.5. The maximum atomic E-state index is 9.92. The Morgan fingerprint density at radius 3 is 2.55 bits per heavy atom. The van der Waals surface area contributed by atoms with E-state index in [4.69, 9.17) is 0 Å². The molecule has 3 rings (SSSR count). The van der Waals surface area contributed by atoms with Gasteiger partial charge in [-0.3, -0.25) is 4.98 Å². The summed E-state index contributed by atoms with van der Waals surface area (Å²) in [5, 5.41) is 12.7. The minimum absolute atomic E-state index is 0.303. The van der Waals surface area contributed by atoms with Crippen LogP contribution in [0.5, 0.6) is 5.75 Å². The summed E-state index contributed by atoms with van der Waals surface area (Å²) in [4.78, 5) is 9.95. The lowest BCUT2D eigenvalue weighted by atomic mass is 10.1. The summed E-state index contributed by atoms with van der Waals surface area (Å²) in [6.45, 7) is 3.89. The van der Waals surface area contributed by atoms with Gasteiger partial charge in [0.05, 0.1) is 11.4 Å². The molecular weight excluding hydrogens is 268 g/mol. The maximum absolute atomic E-state index is 9.92. The van der Waals surface area contributed by atoms with Gasteiger partial charge >= 0.3 is 0 Å². The molecule has 2 aromatic carbocycles. The van der Waals surface area contributed by atoms with Crippen molar-refractivity contribution >= 4 is 22.5 Å². The topological polar surface area (TPSA) is 46.0 Å². The molecule has 0 fully saturated rings. The van der Waals surface area contributed by atoms with Crippen LogP contribution in [0.2, 0.25) is 0 Å². The molecule has 0 spiro atoms. The van der Waals surface area contributed by atoms with E-state index in [1.807, 2.05) is 44.2 Å².